The van der Waals surface area contributed by atoms with Gasteiger partial charge in [-0.2, -0.15) is 0 Å². The van der Waals surface area contributed by atoms with Crippen molar-refractivity contribution in [1.29, 1.82) is 0 Å². The second kappa shape index (κ2) is 4.93. The molecule has 1 aromatic carbocycles. The van der Waals surface area contributed by atoms with Gasteiger partial charge in [0.25, 0.3) is 5.91 Å². The van der Waals surface area contributed by atoms with E-state index in [1.807, 2.05) is 6.92 Å². The Morgan fingerprint density at radius 1 is 1.37 bits per heavy atom. The maximum absolute atomic E-state index is 12.2. The van der Waals surface area contributed by atoms with Crippen molar-refractivity contribution in [3.8, 4) is 11.5 Å². The highest BCUT2D eigenvalue weighted by molar-refractivity contribution is 6.32. The number of ether oxygens (including phenoxy) is 2. The average Bonchev–Trinajstić information content (AvgIpc) is 3.23. The number of nitrogens with one attached hydrogen (secondary N) is 1. The summed E-state index contributed by atoms with van der Waals surface area (Å²) in [5.74, 6) is 1.58. The van der Waals surface area contributed by atoms with Crippen molar-refractivity contribution >= 4 is 17.5 Å². The first-order valence-electron chi connectivity index (χ1n) is 6.55. The Labute approximate surface area is 117 Å². The molecule has 2 aliphatic rings. The topological polar surface area (TPSA) is 47.6 Å². The van der Waals surface area contributed by atoms with Crippen LogP contribution in [0.2, 0.25) is 5.02 Å². The highest BCUT2D eigenvalue weighted by Gasteiger charge is 2.29. The lowest BCUT2D eigenvalue weighted by atomic mass is 10.1. The molecule has 0 aromatic heterocycles. The molecule has 1 atom stereocenters. The fourth-order valence-electron chi connectivity index (χ4n) is 2.25. The van der Waals surface area contributed by atoms with Crippen LogP contribution in [-0.2, 0) is 0 Å². The molecule has 1 fully saturated rings. The fraction of sp³-hybridized carbons (Fsp3) is 0.500. The van der Waals surface area contributed by atoms with Crippen LogP contribution in [0, 0.1) is 5.92 Å². The van der Waals surface area contributed by atoms with Gasteiger partial charge < -0.3 is 14.8 Å². The Morgan fingerprint density at radius 2 is 2.11 bits per heavy atom. The molecule has 0 bridgehead atoms. The normalized spacial score (nSPS) is 18.8. The van der Waals surface area contributed by atoms with Crippen molar-refractivity contribution in [2.45, 2.75) is 25.8 Å². The lowest BCUT2D eigenvalue weighted by molar-refractivity contribution is 0.0934. The molecular weight excluding hydrogens is 266 g/mol. The number of rotatable bonds is 3. The van der Waals surface area contributed by atoms with Crippen LogP contribution in [0.15, 0.2) is 12.1 Å². The minimum atomic E-state index is -0.113. The van der Waals surface area contributed by atoms with E-state index in [0.717, 1.165) is 0 Å². The van der Waals surface area contributed by atoms with Crippen molar-refractivity contribution in [3.05, 3.63) is 22.7 Å². The van der Waals surface area contributed by atoms with Gasteiger partial charge in [0, 0.05) is 11.6 Å². The van der Waals surface area contributed by atoms with Crippen LogP contribution in [0.5, 0.6) is 11.5 Å². The van der Waals surface area contributed by atoms with Crippen LogP contribution < -0.4 is 14.8 Å². The lowest BCUT2D eigenvalue weighted by Crippen LogP contribution is -2.34. The molecule has 4 nitrogen and oxygen atoms in total. The van der Waals surface area contributed by atoms with E-state index in [-0.39, 0.29) is 11.9 Å². The fourth-order valence-corrected chi connectivity index (χ4v) is 2.51. The number of benzene rings is 1. The first-order chi connectivity index (χ1) is 9.15. The maximum Gasteiger partial charge on any atom is 0.251 e. The third-order valence-corrected chi connectivity index (χ3v) is 3.83. The molecule has 1 N–H and O–H groups in total. The van der Waals surface area contributed by atoms with Crippen LogP contribution >= 0.6 is 11.6 Å². The minimum Gasteiger partial charge on any atom is -0.486 e. The highest BCUT2D eigenvalue weighted by atomic mass is 35.5. The minimum absolute atomic E-state index is 0.113. The summed E-state index contributed by atoms with van der Waals surface area (Å²) in [6.45, 7) is 3.00. The number of carbonyl (C=O) groups is 1. The van der Waals surface area contributed by atoms with Gasteiger partial charge in [0.2, 0.25) is 0 Å². The summed E-state index contributed by atoms with van der Waals surface area (Å²) in [6.07, 6.45) is 2.40. The molecule has 19 heavy (non-hydrogen) atoms. The van der Waals surface area contributed by atoms with Crippen molar-refractivity contribution in [2.75, 3.05) is 13.2 Å². The summed E-state index contributed by atoms with van der Waals surface area (Å²) in [5.41, 5.74) is 0.516. The molecule has 1 saturated carbocycles. The van der Waals surface area contributed by atoms with Gasteiger partial charge in [-0.15, -0.1) is 0 Å². The molecule has 5 heteroatoms. The van der Waals surface area contributed by atoms with E-state index < -0.39 is 0 Å². The molecule has 3 rings (SSSR count). The van der Waals surface area contributed by atoms with Crippen molar-refractivity contribution in [1.82, 2.24) is 5.32 Å². The van der Waals surface area contributed by atoms with Crippen LogP contribution in [0.4, 0.5) is 0 Å². The number of amides is 1. The summed E-state index contributed by atoms with van der Waals surface area (Å²) in [4.78, 5) is 12.2. The van der Waals surface area contributed by atoms with Gasteiger partial charge in [-0.05, 0) is 37.8 Å². The maximum atomic E-state index is 12.2. The van der Waals surface area contributed by atoms with Crippen molar-refractivity contribution < 1.29 is 14.3 Å². The molecule has 102 valence electrons. The Balaban J connectivity index is 1.80. The van der Waals surface area contributed by atoms with Crippen molar-refractivity contribution in [2.24, 2.45) is 5.92 Å². The zero-order valence-corrected chi connectivity index (χ0v) is 11.5. The van der Waals surface area contributed by atoms with Crippen molar-refractivity contribution in [3.63, 3.8) is 0 Å². The van der Waals surface area contributed by atoms with E-state index in [1.165, 1.54) is 12.8 Å². The Hall–Kier alpha value is -1.42. The van der Waals surface area contributed by atoms with Gasteiger partial charge in [-0.1, -0.05) is 11.6 Å². The Bertz CT molecular complexity index is 514. The summed E-state index contributed by atoms with van der Waals surface area (Å²) >= 11 is 6.12. The molecule has 0 radical (unpaired) electrons. The predicted molar refractivity (Wildman–Crippen MR) is 72.1 cm³/mol. The number of hydrogen-bond donors (Lipinski definition) is 1. The summed E-state index contributed by atoms with van der Waals surface area (Å²) in [7, 11) is 0. The van der Waals surface area contributed by atoms with E-state index >= 15 is 0 Å². The van der Waals surface area contributed by atoms with Gasteiger partial charge in [-0.25, -0.2) is 0 Å². The smallest absolute Gasteiger partial charge is 0.251 e. The standard InChI is InChI=1S/C14H16ClNO3/c1-8(9-2-3-9)16-14(17)10-6-11(15)13-12(7-10)18-4-5-19-13/h6-9H,2-5H2,1H3,(H,16,17)/t8-/m1/s1. The van der Waals surface area contributed by atoms with Gasteiger partial charge >= 0.3 is 0 Å². The molecule has 0 spiro atoms. The van der Waals surface area contributed by atoms with Crippen LogP contribution in [0.3, 0.4) is 0 Å². The summed E-state index contributed by atoms with van der Waals surface area (Å²) in [5, 5.41) is 3.42. The van der Waals surface area contributed by atoms with E-state index in [0.29, 0.717) is 41.2 Å². The number of halogens is 1. The molecule has 0 unspecified atom stereocenters. The third kappa shape index (κ3) is 2.63. The molecule has 1 aromatic rings. The van der Waals surface area contributed by atoms with Gasteiger partial charge in [0.15, 0.2) is 11.5 Å². The van der Waals surface area contributed by atoms with E-state index in [4.69, 9.17) is 21.1 Å². The summed E-state index contributed by atoms with van der Waals surface area (Å²) < 4.78 is 10.9. The first-order valence-corrected chi connectivity index (χ1v) is 6.93. The molecular formula is C14H16ClNO3. The first kappa shape index (κ1) is 12.6. The monoisotopic (exact) mass is 281 g/mol. The number of hydrogen-bond acceptors (Lipinski definition) is 3. The molecule has 1 aliphatic heterocycles. The van der Waals surface area contributed by atoms with Crippen LogP contribution in [0.25, 0.3) is 0 Å². The van der Waals surface area contributed by atoms with Gasteiger partial charge in [0.05, 0.1) is 5.02 Å². The van der Waals surface area contributed by atoms with Crippen LogP contribution in [0.1, 0.15) is 30.1 Å². The van der Waals surface area contributed by atoms with E-state index in [9.17, 15) is 4.79 Å². The zero-order chi connectivity index (χ0) is 13.4. The second-order valence-electron chi connectivity index (χ2n) is 5.08. The second-order valence-corrected chi connectivity index (χ2v) is 5.49. The largest absolute Gasteiger partial charge is 0.486 e. The molecule has 1 heterocycles. The Morgan fingerprint density at radius 3 is 2.84 bits per heavy atom. The quantitative estimate of drug-likeness (QED) is 0.926. The van der Waals surface area contributed by atoms with Gasteiger partial charge in [-0.3, -0.25) is 4.79 Å². The van der Waals surface area contributed by atoms with E-state index in [2.05, 4.69) is 5.32 Å². The third-order valence-electron chi connectivity index (χ3n) is 3.55. The Kier molecular flexibility index (Phi) is 3.27. The summed E-state index contributed by atoms with van der Waals surface area (Å²) in [6, 6.07) is 3.53. The van der Waals surface area contributed by atoms with Gasteiger partial charge in [0.1, 0.15) is 13.2 Å². The lowest BCUT2D eigenvalue weighted by Gasteiger charge is -2.20. The number of carbonyl (C=O) groups excluding carboxylic acids is 1. The molecule has 0 saturated heterocycles. The predicted octanol–water partition coefficient (Wildman–Crippen LogP) is 2.64. The van der Waals surface area contributed by atoms with Crippen LogP contribution in [-0.4, -0.2) is 25.2 Å². The van der Waals surface area contributed by atoms with E-state index in [1.54, 1.807) is 12.1 Å². The zero-order valence-electron chi connectivity index (χ0n) is 10.7. The molecule has 1 amide bonds. The SMILES string of the molecule is C[C@@H](NC(=O)c1cc(Cl)c2c(c1)OCCO2)C1CC1. The average molecular weight is 282 g/mol. The highest BCUT2D eigenvalue weighted by Crippen LogP contribution is 2.38. The molecule has 1 aliphatic carbocycles. The number of fused-ring (bicyclic) bond motifs is 1.